The molecule has 2 amide bonds. The molecule has 1 aromatic heterocycles. The number of anilines is 1. The molecule has 208 valence electrons. The third-order valence-corrected chi connectivity index (χ3v) is 8.66. The minimum atomic E-state index is -1.07. The number of aromatic carboxylic acids is 1. The highest BCUT2D eigenvalue weighted by Gasteiger charge is 2.40. The number of carbonyl (C=O) groups excluding carboxylic acids is 2. The van der Waals surface area contributed by atoms with E-state index in [0.717, 1.165) is 56.4 Å². The third-order valence-electron chi connectivity index (χ3n) is 7.64. The summed E-state index contributed by atoms with van der Waals surface area (Å²) in [7, 11) is 0. The number of likely N-dealkylation sites (tertiary alicyclic amines) is 1. The Balaban J connectivity index is 1.61. The quantitative estimate of drug-likeness (QED) is 0.509. The van der Waals surface area contributed by atoms with Crippen LogP contribution in [0.2, 0.25) is 0 Å². The minimum absolute atomic E-state index is 0.0378. The van der Waals surface area contributed by atoms with Gasteiger partial charge in [0.25, 0.3) is 0 Å². The van der Waals surface area contributed by atoms with Gasteiger partial charge in [-0.05, 0) is 84.2 Å². The number of amides is 2. The van der Waals surface area contributed by atoms with Crippen molar-refractivity contribution in [2.45, 2.75) is 84.8 Å². The van der Waals surface area contributed by atoms with Crippen LogP contribution in [-0.4, -0.2) is 66.3 Å². The number of piperidine rings is 1. The summed E-state index contributed by atoms with van der Waals surface area (Å²) in [5.74, 6) is 5.63. The number of nitrogens with one attached hydrogen (secondary N) is 1. The summed E-state index contributed by atoms with van der Waals surface area (Å²) in [6, 6.07) is 1.44. The number of hydrogen-bond acceptors (Lipinski definition) is 6. The van der Waals surface area contributed by atoms with E-state index in [9.17, 15) is 19.5 Å². The first-order valence-corrected chi connectivity index (χ1v) is 14.7. The third kappa shape index (κ3) is 7.09. The standard InChI is InChI=1S/C29H41N3O5S/c1-19-7-9-20(10-8-19)26(33)32(24-16-23(11-13-29(2,3)4)38-25(24)27(34)35)21-12-15-31(18-21)28(36)37-22-6-5-14-30-17-22/h16,19-22,30H,5-10,12,14-15,17-18H2,1-4H3,(H,34,35)/t19-,20-,21-,22?/m0/s1. The van der Waals surface area contributed by atoms with Gasteiger partial charge in [-0.15, -0.1) is 11.3 Å². The van der Waals surface area contributed by atoms with E-state index in [4.69, 9.17) is 4.74 Å². The number of nitrogens with zero attached hydrogens (tertiary/aromatic N) is 2. The first kappa shape index (κ1) is 28.4. The Morgan fingerprint density at radius 1 is 1.16 bits per heavy atom. The van der Waals surface area contributed by atoms with E-state index >= 15 is 0 Å². The number of carboxylic acid groups (broad SMARTS) is 1. The average molecular weight is 544 g/mol. The summed E-state index contributed by atoms with van der Waals surface area (Å²) in [5.41, 5.74) is 0.170. The van der Waals surface area contributed by atoms with E-state index < -0.39 is 5.97 Å². The Morgan fingerprint density at radius 3 is 2.53 bits per heavy atom. The fourth-order valence-electron chi connectivity index (χ4n) is 5.48. The van der Waals surface area contributed by atoms with Gasteiger partial charge in [-0.2, -0.15) is 0 Å². The summed E-state index contributed by atoms with van der Waals surface area (Å²) in [6.07, 6.45) is 5.46. The van der Waals surface area contributed by atoms with Gasteiger partial charge in [-0.3, -0.25) is 4.79 Å². The number of carbonyl (C=O) groups is 3. The lowest BCUT2D eigenvalue weighted by atomic mass is 9.82. The van der Waals surface area contributed by atoms with Crippen LogP contribution in [0.25, 0.3) is 0 Å². The number of carboxylic acids is 1. The molecule has 8 nitrogen and oxygen atoms in total. The van der Waals surface area contributed by atoms with Gasteiger partial charge in [-0.25, -0.2) is 9.59 Å². The predicted molar refractivity (Wildman–Crippen MR) is 149 cm³/mol. The molecule has 2 N–H and O–H groups in total. The Hall–Kier alpha value is -2.57. The predicted octanol–water partition coefficient (Wildman–Crippen LogP) is 4.97. The van der Waals surface area contributed by atoms with Gasteiger partial charge in [0.1, 0.15) is 11.0 Å². The van der Waals surface area contributed by atoms with Crippen LogP contribution in [0.4, 0.5) is 10.5 Å². The molecule has 3 fully saturated rings. The first-order chi connectivity index (χ1) is 18.0. The normalized spacial score (nSPS) is 25.8. The van der Waals surface area contributed by atoms with Crippen molar-refractivity contribution in [1.29, 1.82) is 0 Å². The molecule has 2 atom stereocenters. The zero-order valence-corrected chi connectivity index (χ0v) is 23.9. The van der Waals surface area contributed by atoms with Crippen molar-refractivity contribution in [3.05, 3.63) is 15.8 Å². The van der Waals surface area contributed by atoms with Crippen LogP contribution in [0.1, 0.15) is 87.2 Å². The van der Waals surface area contributed by atoms with Crippen LogP contribution in [0.3, 0.4) is 0 Å². The Labute approximate surface area is 230 Å². The summed E-state index contributed by atoms with van der Waals surface area (Å²) in [5, 5.41) is 13.3. The van der Waals surface area contributed by atoms with Crippen molar-refractivity contribution in [3.63, 3.8) is 0 Å². The van der Waals surface area contributed by atoms with Gasteiger partial charge >= 0.3 is 12.1 Å². The number of ether oxygens (including phenoxy) is 1. The van der Waals surface area contributed by atoms with Crippen molar-refractivity contribution in [3.8, 4) is 11.8 Å². The van der Waals surface area contributed by atoms with Crippen molar-refractivity contribution < 1.29 is 24.2 Å². The lowest BCUT2D eigenvalue weighted by molar-refractivity contribution is -0.124. The van der Waals surface area contributed by atoms with Crippen LogP contribution in [-0.2, 0) is 9.53 Å². The number of thiophene rings is 1. The molecular formula is C29H41N3O5S. The zero-order chi connectivity index (χ0) is 27.4. The fourth-order valence-corrected chi connectivity index (χ4v) is 6.32. The fraction of sp³-hybridized carbons (Fsp3) is 0.690. The van der Waals surface area contributed by atoms with Gasteiger partial charge in [-0.1, -0.05) is 18.8 Å². The number of rotatable bonds is 5. The smallest absolute Gasteiger partial charge is 0.410 e. The molecule has 0 radical (unpaired) electrons. The second-order valence-electron chi connectivity index (χ2n) is 12.0. The average Bonchev–Trinajstić information content (AvgIpc) is 3.52. The van der Waals surface area contributed by atoms with E-state index in [1.807, 2.05) is 20.8 Å². The summed E-state index contributed by atoms with van der Waals surface area (Å²) in [4.78, 5) is 43.4. The maximum atomic E-state index is 14.0. The molecule has 0 aromatic carbocycles. The highest BCUT2D eigenvalue weighted by molar-refractivity contribution is 7.15. The van der Waals surface area contributed by atoms with Gasteiger partial charge in [0.05, 0.1) is 16.6 Å². The molecule has 9 heteroatoms. The second-order valence-corrected chi connectivity index (χ2v) is 13.1. The molecule has 1 saturated carbocycles. The Kier molecular flexibility index (Phi) is 9.04. The van der Waals surface area contributed by atoms with Crippen LogP contribution < -0.4 is 10.2 Å². The Bertz CT molecular complexity index is 1080. The van der Waals surface area contributed by atoms with Crippen LogP contribution in [0.15, 0.2) is 6.07 Å². The van der Waals surface area contributed by atoms with E-state index in [1.165, 1.54) is 0 Å². The van der Waals surface area contributed by atoms with E-state index in [0.29, 0.717) is 42.5 Å². The molecule has 2 aliphatic heterocycles. The van der Waals surface area contributed by atoms with Crippen molar-refractivity contribution in [2.24, 2.45) is 17.3 Å². The minimum Gasteiger partial charge on any atom is -0.477 e. The van der Waals surface area contributed by atoms with Crippen LogP contribution in [0.5, 0.6) is 0 Å². The molecule has 4 rings (SSSR count). The van der Waals surface area contributed by atoms with Crippen molar-refractivity contribution >= 4 is 35.0 Å². The van der Waals surface area contributed by atoms with E-state index in [-0.39, 0.29) is 40.4 Å². The molecule has 1 unspecified atom stereocenters. The summed E-state index contributed by atoms with van der Waals surface area (Å²) < 4.78 is 5.74. The maximum Gasteiger partial charge on any atom is 0.410 e. The SMILES string of the molecule is CC(C)(C)C#Cc1cc(N(C(=O)[C@H]2CC[C@H](C)CC2)[C@H]2CCN(C(=O)OC3CCCNC3)C2)c(C(=O)O)s1. The monoisotopic (exact) mass is 543 g/mol. The molecular weight excluding hydrogens is 502 g/mol. The first-order valence-electron chi connectivity index (χ1n) is 13.9. The molecule has 1 aliphatic carbocycles. The topological polar surface area (TPSA) is 99.2 Å². The molecule has 3 heterocycles. The van der Waals surface area contributed by atoms with Gasteiger partial charge in [0.2, 0.25) is 5.91 Å². The van der Waals surface area contributed by atoms with Crippen LogP contribution in [0, 0.1) is 29.1 Å². The van der Waals surface area contributed by atoms with E-state index in [1.54, 1.807) is 15.9 Å². The lowest BCUT2D eigenvalue weighted by Crippen LogP contribution is -2.47. The summed E-state index contributed by atoms with van der Waals surface area (Å²) in [6.45, 7) is 10.6. The van der Waals surface area contributed by atoms with Crippen molar-refractivity contribution in [1.82, 2.24) is 10.2 Å². The zero-order valence-electron chi connectivity index (χ0n) is 23.0. The molecule has 0 bridgehead atoms. The molecule has 2 saturated heterocycles. The Morgan fingerprint density at radius 2 is 1.89 bits per heavy atom. The van der Waals surface area contributed by atoms with Gasteiger partial charge < -0.3 is 25.0 Å². The van der Waals surface area contributed by atoms with Gasteiger partial charge in [0, 0.05) is 31.0 Å². The lowest BCUT2D eigenvalue weighted by Gasteiger charge is -2.34. The maximum absolute atomic E-state index is 14.0. The van der Waals surface area contributed by atoms with Crippen LogP contribution >= 0.6 is 11.3 Å². The van der Waals surface area contributed by atoms with E-state index in [2.05, 4.69) is 24.1 Å². The van der Waals surface area contributed by atoms with Gasteiger partial charge in [0.15, 0.2) is 0 Å². The largest absolute Gasteiger partial charge is 0.477 e. The number of hydrogen-bond donors (Lipinski definition) is 2. The molecule has 3 aliphatic rings. The second kappa shape index (κ2) is 12.1. The molecule has 38 heavy (non-hydrogen) atoms. The van der Waals surface area contributed by atoms with Crippen molar-refractivity contribution in [2.75, 3.05) is 31.1 Å². The molecule has 0 spiro atoms. The highest BCUT2D eigenvalue weighted by Crippen LogP contribution is 2.38. The highest BCUT2D eigenvalue weighted by atomic mass is 32.1. The molecule has 1 aromatic rings. The summed E-state index contributed by atoms with van der Waals surface area (Å²) >= 11 is 1.11.